The van der Waals surface area contributed by atoms with E-state index < -0.39 is 0 Å². The number of nitrogens with one attached hydrogen (secondary N) is 1. The Kier molecular flexibility index (Phi) is 5.04. The molecule has 5 rings (SSSR count). The molecule has 3 heterocycles. The van der Waals surface area contributed by atoms with Gasteiger partial charge in [0.25, 0.3) is 5.56 Å². The van der Waals surface area contributed by atoms with E-state index in [2.05, 4.69) is 65.7 Å². The summed E-state index contributed by atoms with van der Waals surface area (Å²) >= 11 is 0. The minimum atomic E-state index is -0.262. The molecule has 0 spiro atoms. The van der Waals surface area contributed by atoms with Crippen LogP contribution in [0.2, 0.25) is 0 Å². The summed E-state index contributed by atoms with van der Waals surface area (Å²) in [7, 11) is 0. The van der Waals surface area contributed by atoms with E-state index in [0.717, 1.165) is 17.1 Å². The van der Waals surface area contributed by atoms with Gasteiger partial charge in [0.15, 0.2) is 0 Å². The zero-order valence-corrected chi connectivity index (χ0v) is 19.1. The van der Waals surface area contributed by atoms with E-state index in [1.165, 1.54) is 5.56 Å². The molecule has 0 saturated heterocycles. The van der Waals surface area contributed by atoms with E-state index in [0.29, 0.717) is 23.3 Å². The fraction of sp³-hybridized carbons (Fsp3) is 0.269. The van der Waals surface area contributed by atoms with Crippen molar-refractivity contribution < 1.29 is 9.47 Å². The van der Waals surface area contributed by atoms with Crippen LogP contribution in [0.5, 0.6) is 17.5 Å². The Labute approximate surface area is 192 Å². The van der Waals surface area contributed by atoms with Crippen molar-refractivity contribution >= 4 is 22.3 Å². The van der Waals surface area contributed by atoms with Crippen LogP contribution in [0.1, 0.15) is 33.3 Å². The van der Waals surface area contributed by atoms with Crippen molar-refractivity contribution in [2.45, 2.75) is 39.2 Å². The second kappa shape index (κ2) is 7.92. The Bertz CT molecular complexity index is 1370. The number of rotatable bonds is 3. The number of benzene rings is 2. The summed E-state index contributed by atoms with van der Waals surface area (Å²) in [5.41, 5.74) is 3.60. The van der Waals surface area contributed by atoms with E-state index >= 15 is 0 Å². The molecule has 4 aromatic rings. The Balaban J connectivity index is 1.43. The fourth-order valence-corrected chi connectivity index (χ4v) is 4.01. The van der Waals surface area contributed by atoms with Crippen molar-refractivity contribution in [3.63, 3.8) is 0 Å². The summed E-state index contributed by atoms with van der Waals surface area (Å²) in [5, 5.41) is 0.474. The van der Waals surface area contributed by atoms with Gasteiger partial charge in [0.2, 0.25) is 0 Å². The van der Waals surface area contributed by atoms with Crippen molar-refractivity contribution in [3.8, 4) is 17.5 Å². The van der Waals surface area contributed by atoms with Crippen molar-refractivity contribution in [1.29, 1.82) is 0 Å². The molecule has 0 amide bonds. The Hall–Kier alpha value is -3.87. The van der Waals surface area contributed by atoms with Crippen molar-refractivity contribution in [3.05, 3.63) is 76.8 Å². The van der Waals surface area contributed by atoms with Crippen LogP contribution >= 0.6 is 0 Å². The highest BCUT2D eigenvalue weighted by molar-refractivity contribution is 5.76. The molecule has 0 saturated carbocycles. The van der Waals surface area contributed by atoms with Gasteiger partial charge in [-0.1, -0.05) is 26.8 Å². The first kappa shape index (κ1) is 21.0. The van der Waals surface area contributed by atoms with Gasteiger partial charge in [-0.25, -0.2) is 0 Å². The Morgan fingerprint density at radius 3 is 2.67 bits per heavy atom. The van der Waals surface area contributed by atoms with Gasteiger partial charge >= 0.3 is 6.01 Å². The SMILES string of the molecule is CC1COc2cc(C(C)(C)C)ccc2N1c1ccc(Oc2nc3cnccc3c(=O)[nH]2)cc1. The van der Waals surface area contributed by atoms with Crippen LogP contribution in [0.15, 0.2) is 65.7 Å². The molecule has 1 N–H and O–H groups in total. The lowest BCUT2D eigenvalue weighted by Gasteiger charge is -2.37. The normalized spacial score (nSPS) is 15.8. The molecule has 1 atom stereocenters. The van der Waals surface area contributed by atoms with E-state index in [1.807, 2.05) is 24.3 Å². The maximum atomic E-state index is 12.3. The highest BCUT2D eigenvalue weighted by Gasteiger charge is 2.27. The van der Waals surface area contributed by atoms with E-state index in [1.54, 1.807) is 18.5 Å². The quantitative estimate of drug-likeness (QED) is 0.462. The minimum Gasteiger partial charge on any atom is -0.489 e. The van der Waals surface area contributed by atoms with E-state index in [9.17, 15) is 4.79 Å². The molecular formula is C26H26N4O3. The largest absolute Gasteiger partial charge is 0.489 e. The summed E-state index contributed by atoms with van der Waals surface area (Å²) < 4.78 is 11.9. The molecule has 0 fully saturated rings. The van der Waals surface area contributed by atoms with Crippen LogP contribution in [0.4, 0.5) is 11.4 Å². The number of H-pyrrole nitrogens is 1. The third-order valence-electron chi connectivity index (χ3n) is 5.82. The molecular weight excluding hydrogens is 416 g/mol. The molecule has 33 heavy (non-hydrogen) atoms. The number of hydrogen-bond acceptors (Lipinski definition) is 6. The fourth-order valence-electron chi connectivity index (χ4n) is 4.01. The predicted molar refractivity (Wildman–Crippen MR) is 129 cm³/mol. The van der Waals surface area contributed by atoms with Crippen LogP contribution in [0, 0.1) is 0 Å². The van der Waals surface area contributed by atoms with Crippen LogP contribution in [-0.4, -0.2) is 27.6 Å². The third-order valence-corrected chi connectivity index (χ3v) is 5.82. The molecule has 7 heteroatoms. The number of fused-ring (bicyclic) bond motifs is 2. The second-order valence-corrected chi connectivity index (χ2v) is 9.32. The van der Waals surface area contributed by atoms with Crippen LogP contribution in [0.3, 0.4) is 0 Å². The van der Waals surface area contributed by atoms with Crippen LogP contribution in [0.25, 0.3) is 10.9 Å². The monoisotopic (exact) mass is 442 g/mol. The van der Waals surface area contributed by atoms with Gasteiger partial charge in [-0.05, 0) is 60.4 Å². The molecule has 2 aromatic carbocycles. The second-order valence-electron chi connectivity index (χ2n) is 9.32. The molecule has 1 unspecified atom stereocenters. The van der Waals surface area contributed by atoms with Crippen molar-refractivity contribution in [1.82, 2.24) is 15.0 Å². The summed E-state index contributed by atoms with van der Waals surface area (Å²) in [6.45, 7) is 9.35. The first-order chi connectivity index (χ1) is 15.8. The third kappa shape index (κ3) is 4.02. The lowest BCUT2D eigenvalue weighted by Crippen LogP contribution is -2.37. The van der Waals surface area contributed by atoms with Gasteiger partial charge in [0.1, 0.15) is 18.1 Å². The van der Waals surface area contributed by atoms with E-state index in [4.69, 9.17) is 9.47 Å². The summed E-state index contributed by atoms with van der Waals surface area (Å²) in [6.07, 6.45) is 3.11. The first-order valence-corrected chi connectivity index (χ1v) is 11.0. The van der Waals surface area contributed by atoms with Crippen LogP contribution < -0.4 is 19.9 Å². The number of aromatic amines is 1. The molecule has 0 bridgehead atoms. The molecule has 168 valence electrons. The number of hydrogen-bond donors (Lipinski definition) is 1. The minimum absolute atomic E-state index is 0.0547. The van der Waals surface area contributed by atoms with Crippen LogP contribution in [-0.2, 0) is 5.41 Å². The van der Waals surface area contributed by atoms with Gasteiger partial charge in [0.05, 0.1) is 28.8 Å². The zero-order valence-electron chi connectivity index (χ0n) is 19.1. The van der Waals surface area contributed by atoms with Gasteiger partial charge in [-0.15, -0.1) is 0 Å². The van der Waals surface area contributed by atoms with Gasteiger partial charge in [-0.2, -0.15) is 4.98 Å². The molecule has 0 radical (unpaired) electrons. The predicted octanol–water partition coefficient (Wildman–Crippen LogP) is 5.33. The highest BCUT2D eigenvalue weighted by atomic mass is 16.5. The van der Waals surface area contributed by atoms with Crippen molar-refractivity contribution in [2.24, 2.45) is 0 Å². The number of aromatic nitrogens is 3. The lowest BCUT2D eigenvalue weighted by atomic mass is 9.86. The van der Waals surface area contributed by atoms with E-state index in [-0.39, 0.29) is 23.0 Å². The molecule has 0 aliphatic carbocycles. The summed E-state index contributed by atoms with van der Waals surface area (Å²) in [4.78, 5) is 25.6. The number of ether oxygens (including phenoxy) is 2. The number of pyridine rings is 1. The molecule has 2 aromatic heterocycles. The highest BCUT2D eigenvalue weighted by Crippen LogP contribution is 2.41. The smallest absolute Gasteiger partial charge is 0.302 e. The van der Waals surface area contributed by atoms with Gasteiger partial charge in [-0.3, -0.25) is 14.8 Å². The Morgan fingerprint density at radius 1 is 1.12 bits per heavy atom. The maximum absolute atomic E-state index is 12.3. The maximum Gasteiger partial charge on any atom is 0.302 e. The topological polar surface area (TPSA) is 80.3 Å². The zero-order chi connectivity index (χ0) is 23.2. The molecule has 1 aliphatic rings. The average Bonchev–Trinajstić information content (AvgIpc) is 2.79. The Morgan fingerprint density at radius 2 is 1.91 bits per heavy atom. The van der Waals surface area contributed by atoms with Gasteiger partial charge < -0.3 is 14.4 Å². The number of anilines is 2. The standard InChI is InChI=1S/C26H26N4O3/c1-16-15-32-23-13-17(26(2,3)4)5-10-22(23)30(16)18-6-8-19(9-7-18)33-25-28-21-14-27-12-11-20(21)24(31)29-25/h5-14,16H,15H2,1-4H3,(H,28,29,31). The summed E-state index contributed by atoms with van der Waals surface area (Å²) in [5.74, 6) is 1.47. The first-order valence-electron chi connectivity index (χ1n) is 11.0. The summed E-state index contributed by atoms with van der Waals surface area (Å²) in [6, 6.07) is 16.1. The number of nitrogens with zero attached hydrogens (tertiary/aromatic N) is 3. The molecule has 7 nitrogen and oxygen atoms in total. The average molecular weight is 443 g/mol. The molecule has 1 aliphatic heterocycles. The lowest BCUT2D eigenvalue weighted by molar-refractivity contribution is 0.278. The van der Waals surface area contributed by atoms with Gasteiger partial charge in [0, 0.05) is 11.9 Å². The van der Waals surface area contributed by atoms with Crippen molar-refractivity contribution in [2.75, 3.05) is 11.5 Å².